The summed E-state index contributed by atoms with van der Waals surface area (Å²) in [5.41, 5.74) is 7.92. The molecule has 0 spiro atoms. The second kappa shape index (κ2) is 5.92. The molecule has 0 fully saturated rings. The van der Waals surface area contributed by atoms with Crippen molar-refractivity contribution in [1.29, 1.82) is 0 Å². The molecule has 0 radical (unpaired) electrons. The molecule has 3 nitrogen and oxygen atoms in total. The molecule has 54 valence electrons. The van der Waals surface area contributed by atoms with Crippen LogP contribution in [-0.4, -0.2) is 16.8 Å². The van der Waals surface area contributed by atoms with Gasteiger partial charge in [-0.25, -0.2) is 0 Å². The molecule has 0 atom stereocenters. The number of ketones is 1. The van der Waals surface area contributed by atoms with E-state index in [1.165, 1.54) is 0 Å². The van der Waals surface area contributed by atoms with E-state index in [-0.39, 0.29) is 5.78 Å². The SMILES string of the molecule is CC/C=C/CC(=O)C=[N+]=[N-]. The molecule has 0 unspecified atom stereocenters. The Morgan fingerprint density at radius 2 is 2.30 bits per heavy atom. The third kappa shape index (κ3) is 4.94. The molecule has 0 aromatic rings. The van der Waals surface area contributed by atoms with Crippen molar-refractivity contribution in [3.8, 4) is 0 Å². The monoisotopic (exact) mass is 138 g/mol. The van der Waals surface area contributed by atoms with Crippen LogP contribution in [0, 0.1) is 0 Å². The quantitative estimate of drug-likeness (QED) is 0.249. The molecule has 0 saturated heterocycles. The second-order valence-electron chi connectivity index (χ2n) is 1.79. The fourth-order valence-corrected chi connectivity index (χ4v) is 0.483. The lowest BCUT2D eigenvalue weighted by Crippen LogP contribution is -1.96. The summed E-state index contributed by atoms with van der Waals surface area (Å²) >= 11 is 0. The Morgan fingerprint density at radius 3 is 2.80 bits per heavy atom. The number of carbonyl (C=O) groups is 1. The van der Waals surface area contributed by atoms with E-state index in [1.807, 2.05) is 13.0 Å². The van der Waals surface area contributed by atoms with Gasteiger partial charge in [0.1, 0.15) is 0 Å². The highest BCUT2D eigenvalue weighted by Crippen LogP contribution is 1.85. The van der Waals surface area contributed by atoms with Gasteiger partial charge in [-0.1, -0.05) is 19.1 Å². The zero-order chi connectivity index (χ0) is 7.82. The average molecular weight is 138 g/mol. The first-order valence-electron chi connectivity index (χ1n) is 3.16. The van der Waals surface area contributed by atoms with Crippen LogP contribution < -0.4 is 0 Å². The first kappa shape index (κ1) is 8.79. The lowest BCUT2D eigenvalue weighted by atomic mass is 10.2. The Labute approximate surface area is 60.0 Å². The molecule has 0 amide bonds. The molecule has 0 aliphatic rings. The molecule has 0 aromatic heterocycles. The molecule has 0 rings (SSSR count). The molecule has 0 heterocycles. The predicted octanol–water partition coefficient (Wildman–Crippen LogP) is 1.21. The zero-order valence-corrected chi connectivity index (χ0v) is 5.95. The number of hydrogen-bond donors (Lipinski definition) is 0. The number of rotatable bonds is 4. The van der Waals surface area contributed by atoms with Crippen LogP contribution in [0.4, 0.5) is 0 Å². The van der Waals surface area contributed by atoms with Gasteiger partial charge in [-0.2, -0.15) is 4.79 Å². The van der Waals surface area contributed by atoms with Gasteiger partial charge >= 0.3 is 6.21 Å². The van der Waals surface area contributed by atoms with Crippen LogP contribution in [0.15, 0.2) is 12.2 Å². The molecule has 0 aromatic carbocycles. The first-order valence-corrected chi connectivity index (χ1v) is 3.16. The van der Waals surface area contributed by atoms with Crippen molar-refractivity contribution < 1.29 is 9.58 Å². The molecular formula is C7H10N2O. The van der Waals surface area contributed by atoms with Gasteiger partial charge in [-0.15, -0.1) is 0 Å². The normalized spacial score (nSPS) is 9.30. The zero-order valence-electron chi connectivity index (χ0n) is 5.95. The molecule has 0 saturated carbocycles. The minimum Gasteiger partial charge on any atom is -0.361 e. The number of hydrogen-bond acceptors (Lipinski definition) is 1. The second-order valence-corrected chi connectivity index (χ2v) is 1.79. The maximum atomic E-state index is 10.6. The highest BCUT2D eigenvalue weighted by molar-refractivity contribution is 6.25. The summed E-state index contributed by atoms with van der Waals surface area (Å²) in [6, 6.07) is 0. The van der Waals surface area contributed by atoms with E-state index in [4.69, 9.17) is 5.53 Å². The maximum Gasteiger partial charge on any atom is 0.323 e. The fourth-order valence-electron chi connectivity index (χ4n) is 0.483. The van der Waals surface area contributed by atoms with Gasteiger partial charge in [0.05, 0.1) is 0 Å². The molecule has 0 aliphatic carbocycles. The van der Waals surface area contributed by atoms with Gasteiger partial charge in [-0.3, -0.25) is 4.79 Å². The van der Waals surface area contributed by atoms with Gasteiger partial charge in [0.2, 0.25) is 5.78 Å². The largest absolute Gasteiger partial charge is 0.361 e. The van der Waals surface area contributed by atoms with Crippen LogP contribution in [0.25, 0.3) is 5.53 Å². The topological polar surface area (TPSA) is 53.5 Å². The average Bonchev–Trinajstić information content (AvgIpc) is 1.89. The highest BCUT2D eigenvalue weighted by atomic mass is 16.1. The third-order valence-corrected chi connectivity index (χ3v) is 0.923. The van der Waals surface area contributed by atoms with Crippen molar-refractivity contribution in [1.82, 2.24) is 0 Å². The summed E-state index contributed by atoms with van der Waals surface area (Å²) in [6.07, 6.45) is 5.79. The molecule has 3 heteroatoms. The molecule has 0 N–H and O–H groups in total. The minimum absolute atomic E-state index is 0.188. The Morgan fingerprint density at radius 1 is 1.60 bits per heavy atom. The molecular weight excluding hydrogens is 128 g/mol. The Hall–Kier alpha value is -1.21. The van der Waals surface area contributed by atoms with E-state index in [0.29, 0.717) is 6.42 Å². The van der Waals surface area contributed by atoms with Gasteiger partial charge in [0, 0.05) is 6.42 Å². The molecule has 10 heavy (non-hydrogen) atoms. The van der Waals surface area contributed by atoms with Crippen LogP contribution in [-0.2, 0) is 4.79 Å². The lowest BCUT2D eigenvalue weighted by molar-refractivity contribution is -0.115. The number of nitrogens with zero attached hydrogens (tertiary/aromatic N) is 2. The van der Waals surface area contributed by atoms with Crippen LogP contribution in [0.1, 0.15) is 19.8 Å². The van der Waals surface area contributed by atoms with E-state index in [2.05, 4.69) is 4.79 Å². The van der Waals surface area contributed by atoms with Gasteiger partial charge < -0.3 is 5.53 Å². The highest BCUT2D eigenvalue weighted by Gasteiger charge is 1.96. The number of Topliss-reactive ketones (excluding diaryl/α,β-unsaturated/α-hetero) is 1. The molecule has 0 bridgehead atoms. The summed E-state index contributed by atoms with van der Waals surface area (Å²) in [6.45, 7) is 1.99. The van der Waals surface area contributed by atoms with E-state index < -0.39 is 0 Å². The summed E-state index contributed by atoms with van der Waals surface area (Å²) in [7, 11) is 0. The van der Waals surface area contributed by atoms with Crippen LogP contribution >= 0.6 is 0 Å². The number of carbonyl (C=O) groups excluding carboxylic acids is 1. The van der Waals surface area contributed by atoms with Crippen LogP contribution in [0.3, 0.4) is 0 Å². The smallest absolute Gasteiger partial charge is 0.323 e. The van der Waals surface area contributed by atoms with E-state index >= 15 is 0 Å². The third-order valence-electron chi connectivity index (χ3n) is 0.923. The number of allylic oxidation sites excluding steroid dienone is 2. The standard InChI is InChI=1S/C7H10N2O/c1-2-3-4-5-7(10)6-9-8/h3-4,6H,2,5H2,1H3/b4-3+. The van der Waals surface area contributed by atoms with Gasteiger partial charge in [0.25, 0.3) is 0 Å². The Bertz CT molecular complexity index is 178. The maximum absolute atomic E-state index is 10.6. The Kier molecular flexibility index (Phi) is 5.20. The van der Waals surface area contributed by atoms with Gasteiger partial charge in [-0.05, 0) is 6.42 Å². The minimum atomic E-state index is -0.188. The van der Waals surface area contributed by atoms with Crippen molar-refractivity contribution in [3.63, 3.8) is 0 Å². The van der Waals surface area contributed by atoms with E-state index in [9.17, 15) is 4.79 Å². The summed E-state index contributed by atoms with van der Waals surface area (Å²) in [5, 5.41) is 0. The van der Waals surface area contributed by atoms with Crippen molar-refractivity contribution in [2.75, 3.05) is 0 Å². The van der Waals surface area contributed by atoms with Crippen molar-refractivity contribution in [2.24, 2.45) is 0 Å². The summed E-state index contributed by atoms with van der Waals surface area (Å²) in [5.74, 6) is -0.188. The summed E-state index contributed by atoms with van der Waals surface area (Å²) in [4.78, 5) is 13.2. The predicted molar refractivity (Wildman–Crippen MR) is 38.7 cm³/mol. The van der Waals surface area contributed by atoms with Crippen molar-refractivity contribution in [3.05, 3.63) is 17.7 Å². The molecule has 0 aliphatic heterocycles. The van der Waals surface area contributed by atoms with Crippen molar-refractivity contribution in [2.45, 2.75) is 19.8 Å². The first-order chi connectivity index (χ1) is 4.81. The van der Waals surface area contributed by atoms with E-state index in [0.717, 1.165) is 12.6 Å². The van der Waals surface area contributed by atoms with E-state index in [1.54, 1.807) is 6.08 Å². The summed E-state index contributed by atoms with van der Waals surface area (Å²) < 4.78 is 0. The Balaban J connectivity index is 3.59. The fraction of sp³-hybridized carbons (Fsp3) is 0.429. The van der Waals surface area contributed by atoms with Gasteiger partial charge in [0.15, 0.2) is 0 Å². The van der Waals surface area contributed by atoms with Crippen LogP contribution in [0.2, 0.25) is 0 Å². The van der Waals surface area contributed by atoms with Crippen LogP contribution in [0.5, 0.6) is 0 Å². The lowest BCUT2D eigenvalue weighted by Gasteiger charge is -1.78. The van der Waals surface area contributed by atoms with Crippen molar-refractivity contribution >= 4 is 12.0 Å².